The first-order valence-corrected chi connectivity index (χ1v) is 8.10. The number of alkyl halides is 3. The van der Waals surface area contributed by atoms with Crippen LogP contribution in [0, 0.1) is 0 Å². The maximum Gasteiger partial charge on any atom is 0.418 e. The van der Waals surface area contributed by atoms with Crippen LogP contribution in [0.1, 0.15) is 10.4 Å². The molecule has 0 fully saturated rings. The minimum absolute atomic E-state index is 0.0162. The Bertz CT molecular complexity index is 608. The third-order valence-electron chi connectivity index (χ3n) is 2.44. The Balaban J connectivity index is 2.21. The highest BCUT2D eigenvalue weighted by atomic mass is 79.9. The van der Waals surface area contributed by atoms with E-state index in [2.05, 4.69) is 37.2 Å². The van der Waals surface area contributed by atoms with Crippen LogP contribution < -0.4 is 5.32 Å². The van der Waals surface area contributed by atoms with Crippen LogP contribution in [0.2, 0.25) is 5.02 Å². The Labute approximate surface area is 139 Å². The van der Waals surface area contributed by atoms with Gasteiger partial charge in [-0.05, 0) is 56.1 Å². The smallest absolute Gasteiger partial charge is 0.380 e. The van der Waals surface area contributed by atoms with Crippen molar-refractivity contribution in [2.75, 3.05) is 5.32 Å². The molecule has 2 aromatic rings. The monoisotopic (exact) mass is 447 g/mol. The molecule has 0 saturated carbocycles. The van der Waals surface area contributed by atoms with Gasteiger partial charge in [0.2, 0.25) is 0 Å². The van der Waals surface area contributed by atoms with Gasteiger partial charge < -0.3 is 5.32 Å². The predicted octanol–water partition coefficient (Wildman–Crippen LogP) is 6.56. The summed E-state index contributed by atoms with van der Waals surface area (Å²) in [5.41, 5.74) is -0.748. The molecule has 2 rings (SSSR count). The van der Waals surface area contributed by atoms with Gasteiger partial charge in [-0.15, -0.1) is 11.3 Å². The molecule has 20 heavy (non-hydrogen) atoms. The van der Waals surface area contributed by atoms with Gasteiger partial charge in [-0.2, -0.15) is 13.2 Å². The first kappa shape index (κ1) is 16.1. The molecule has 1 aromatic heterocycles. The lowest BCUT2D eigenvalue weighted by molar-refractivity contribution is -0.136. The summed E-state index contributed by atoms with van der Waals surface area (Å²) in [6.07, 6.45) is -4.44. The number of nitrogens with one attached hydrogen (secondary N) is 1. The second-order valence-electron chi connectivity index (χ2n) is 3.88. The molecule has 0 amide bonds. The number of hydrogen-bond acceptors (Lipinski definition) is 2. The normalized spacial score (nSPS) is 11.7. The van der Waals surface area contributed by atoms with Gasteiger partial charge >= 0.3 is 6.18 Å². The molecule has 0 aliphatic rings. The fourth-order valence-corrected chi connectivity index (χ4v) is 3.85. The summed E-state index contributed by atoms with van der Waals surface area (Å²) < 4.78 is 40.5. The van der Waals surface area contributed by atoms with Gasteiger partial charge in [0.25, 0.3) is 0 Å². The van der Waals surface area contributed by atoms with Crippen molar-refractivity contribution in [1.29, 1.82) is 0 Å². The fraction of sp³-hybridized carbons (Fsp3) is 0.167. The van der Waals surface area contributed by atoms with Crippen LogP contribution in [0.4, 0.5) is 18.9 Å². The molecule has 0 aliphatic carbocycles. The third kappa shape index (κ3) is 3.90. The van der Waals surface area contributed by atoms with Crippen molar-refractivity contribution in [2.45, 2.75) is 12.7 Å². The molecule has 0 radical (unpaired) electrons. The van der Waals surface area contributed by atoms with E-state index in [1.54, 1.807) is 0 Å². The molecule has 0 spiro atoms. The van der Waals surface area contributed by atoms with Crippen LogP contribution in [-0.4, -0.2) is 0 Å². The highest BCUT2D eigenvalue weighted by Crippen LogP contribution is 2.37. The molecule has 1 nitrogen and oxygen atoms in total. The van der Waals surface area contributed by atoms with Crippen LogP contribution in [-0.2, 0) is 12.7 Å². The van der Waals surface area contributed by atoms with E-state index in [-0.39, 0.29) is 10.7 Å². The van der Waals surface area contributed by atoms with Gasteiger partial charge in [0, 0.05) is 26.6 Å². The Morgan fingerprint density at radius 1 is 1.20 bits per heavy atom. The molecular weight excluding hydrogens is 442 g/mol. The van der Waals surface area contributed by atoms with E-state index >= 15 is 0 Å². The molecule has 0 bridgehead atoms. The van der Waals surface area contributed by atoms with Crippen LogP contribution in [0.5, 0.6) is 0 Å². The summed E-state index contributed by atoms with van der Waals surface area (Å²) in [6.45, 7) is 0.305. The summed E-state index contributed by atoms with van der Waals surface area (Å²) in [5, 5.41) is 2.85. The van der Waals surface area contributed by atoms with E-state index in [1.165, 1.54) is 23.5 Å². The fourth-order valence-electron chi connectivity index (χ4n) is 1.57. The zero-order valence-electron chi connectivity index (χ0n) is 9.69. The Kier molecular flexibility index (Phi) is 5.05. The lowest BCUT2D eigenvalue weighted by atomic mass is 10.1. The van der Waals surface area contributed by atoms with Crippen molar-refractivity contribution in [2.24, 2.45) is 0 Å². The molecule has 0 unspecified atom stereocenters. The first-order chi connectivity index (χ1) is 9.27. The van der Waals surface area contributed by atoms with Crippen molar-refractivity contribution in [3.05, 3.63) is 48.0 Å². The van der Waals surface area contributed by atoms with Crippen molar-refractivity contribution < 1.29 is 13.2 Å². The molecule has 0 atom stereocenters. The number of rotatable bonds is 3. The average molecular weight is 450 g/mol. The van der Waals surface area contributed by atoms with E-state index in [4.69, 9.17) is 11.6 Å². The first-order valence-electron chi connectivity index (χ1n) is 5.31. The lowest BCUT2D eigenvalue weighted by Crippen LogP contribution is -2.10. The standard InChI is InChI=1S/C12H7Br2ClF3NS/c13-9-4-7(20-11(9)14)5-19-10-2-1-6(15)3-8(10)12(16,17)18/h1-4,19H,5H2. The van der Waals surface area contributed by atoms with E-state index in [9.17, 15) is 13.2 Å². The van der Waals surface area contributed by atoms with Crippen molar-refractivity contribution >= 4 is 60.5 Å². The van der Waals surface area contributed by atoms with Crippen molar-refractivity contribution in [3.8, 4) is 0 Å². The number of thiophene rings is 1. The summed E-state index contributed by atoms with van der Waals surface area (Å²) in [6, 6.07) is 5.54. The van der Waals surface area contributed by atoms with Gasteiger partial charge in [0.05, 0.1) is 9.35 Å². The van der Waals surface area contributed by atoms with Gasteiger partial charge in [0.15, 0.2) is 0 Å². The maximum atomic E-state index is 12.9. The van der Waals surface area contributed by atoms with Gasteiger partial charge in [-0.25, -0.2) is 0 Å². The largest absolute Gasteiger partial charge is 0.418 e. The number of hydrogen-bond donors (Lipinski definition) is 1. The third-order valence-corrected chi connectivity index (χ3v) is 5.93. The SMILES string of the molecule is FC(F)(F)c1cc(Cl)ccc1NCc1cc(Br)c(Br)s1. The zero-order chi connectivity index (χ0) is 14.9. The summed E-state index contributed by atoms with van der Waals surface area (Å²) >= 11 is 13.8. The van der Waals surface area contributed by atoms with E-state index in [0.29, 0.717) is 6.54 Å². The van der Waals surface area contributed by atoms with E-state index < -0.39 is 11.7 Å². The van der Waals surface area contributed by atoms with E-state index in [1.807, 2.05) is 6.07 Å². The topological polar surface area (TPSA) is 12.0 Å². The lowest BCUT2D eigenvalue weighted by Gasteiger charge is -2.14. The maximum absolute atomic E-state index is 12.9. The van der Waals surface area contributed by atoms with Crippen molar-refractivity contribution in [1.82, 2.24) is 0 Å². The van der Waals surface area contributed by atoms with Crippen LogP contribution in [0.15, 0.2) is 32.5 Å². The van der Waals surface area contributed by atoms with E-state index in [0.717, 1.165) is 19.2 Å². The summed E-state index contributed by atoms with van der Waals surface area (Å²) in [4.78, 5) is 0.909. The predicted molar refractivity (Wildman–Crippen MR) is 83.5 cm³/mol. The molecule has 8 heteroatoms. The summed E-state index contributed by atoms with van der Waals surface area (Å²) in [5.74, 6) is 0. The molecule has 1 heterocycles. The van der Waals surface area contributed by atoms with Gasteiger partial charge in [0.1, 0.15) is 0 Å². The Hall–Kier alpha value is -0.240. The zero-order valence-corrected chi connectivity index (χ0v) is 14.4. The second-order valence-corrected chi connectivity index (χ2v) is 7.62. The molecular formula is C12H7Br2ClF3NS. The summed E-state index contributed by atoms with van der Waals surface area (Å²) in [7, 11) is 0. The Morgan fingerprint density at radius 2 is 1.90 bits per heavy atom. The average Bonchev–Trinajstić information content (AvgIpc) is 2.66. The van der Waals surface area contributed by atoms with Crippen molar-refractivity contribution in [3.63, 3.8) is 0 Å². The molecule has 1 N–H and O–H groups in total. The molecule has 0 aliphatic heterocycles. The molecule has 108 valence electrons. The van der Waals surface area contributed by atoms with Crippen LogP contribution in [0.25, 0.3) is 0 Å². The number of benzene rings is 1. The minimum atomic E-state index is -4.44. The highest BCUT2D eigenvalue weighted by Gasteiger charge is 2.33. The van der Waals surface area contributed by atoms with Gasteiger partial charge in [-0.1, -0.05) is 11.6 Å². The molecule has 0 saturated heterocycles. The van der Waals surface area contributed by atoms with Crippen LogP contribution >= 0.6 is 54.8 Å². The number of halogens is 6. The second kappa shape index (κ2) is 6.25. The van der Waals surface area contributed by atoms with Gasteiger partial charge in [-0.3, -0.25) is 0 Å². The Morgan fingerprint density at radius 3 is 2.45 bits per heavy atom. The highest BCUT2D eigenvalue weighted by molar-refractivity contribution is 9.13. The van der Waals surface area contributed by atoms with Crippen LogP contribution in [0.3, 0.4) is 0 Å². The quantitative estimate of drug-likeness (QED) is 0.560. The number of anilines is 1. The molecule has 1 aromatic carbocycles. The minimum Gasteiger partial charge on any atom is -0.380 e.